The number of para-hydroxylation sites is 2. The summed E-state index contributed by atoms with van der Waals surface area (Å²) in [5.74, 6) is 0.206. The molecule has 2 N–H and O–H groups in total. The predicted octanol–water partition coefficient (Wildman–Crippen LogP) is 1.90. The van der Waals surface area contributed by atoms with E-state index in [1.807, 2.05) is 24.3 Å². The number of aromatic nitrogens is 5. The van der Waals surface area contributed by atoms with E-state index >= 15 is 0 Å². The minimum atomic E-state index is -0.713. The number of tetrazole rings is 1. The van der Waals surface area contributed by atoms with Crippen LogP contribution in [0.3, 0.4) is 0 Å². The molecule has 0 radical (unpaired) electrons. The molecule has 2 unspecified atom stereocenters. The quantitative estimate of drug-likeness (QED) is 0.412. The average molecular weight is 382 g/mol. The number of anilines is 1. The monoisotopic (exact) mass is 381 g/mol. The zero-order valence-electron chi connectivity index (χ0n) is 13.7. The molecular weight excluding hydrogens is 370 g/mol. The molecule has 9 nitrogen and oxygen atoms in total. The topological polar surface area (TPSA) is 109 Å². The molecule has 2 aromatic heterocycles. The number of phenols is 1. The molecule has 2 atom stereocenters. The molecule has 1 aliphatic rings. The zero-order valence-corrected chi connectivity index (χ0v) is 14.4. The van der Waals surface area contributed by atoms with Gasteiger partial charge in [-0.05, 0) is 40.3 Å². The van der Waals surface area contributed by atoms with Crippen molar-refractivity contribution in [1.82, 2.24) is 30.0 Å². The Bertz CT molecular complexity index is 1180. The minimum absolute atomic E-state index is 0.141. The van der Waals surface area contributed by atoms with Gasteiger partial charge in [-0.1, -0.05) is 24.3 Å². The van der Waals surface area contributed by atoms with Crippen molar-refractivity contribution >= 4 is 40.0 Å². The van der Waals surface area contributed by atoms with Crippen LogP contribution in [0.15, 0.2) is 48.5 Å². The molecule has 2 aromatic carbocycles. The molecule has 3 heterocycles. The standard InChI is InChI=1S/C17H12ClN7O2/c18-13-14(9-5-7-10(26)8-6-9)25(17(13)27)21-15-16-20-22-23-24(16)12-4-2-1-3-11(12)19-15/h1-8,13-14,26H,(H,19,21). The van der Waals surface area contributed by atoms with Crippen LogP contribution in [0.25, 0.3) is 16.7 Å². The third-order valence-electron chi connectivity index (χ3n) is 4.51. The Kier molecular flexibility index (Phi) is 3.37. The fraction of sp³-hybridized carbons (Fsp3) is 0.118. The second-order valence-electron chi connectivity index (χ2n) is 6.12. The molecule has 5 rings (SSSR count). The van der Waals surface area contributed by atoms with Gasteiger partial charge >= 0.3 is 0 Å². The number of phenolic OH excluding ortho intramolecular Hbond substituents is 1. The summed E-state index contributed by atoms with van der Waals surface area (Å²) in [6.45, 7) is 0. The van der Waals surface area contributed by atoms with Crippen molar-refractivity contribution < 1.29 is 9.90 Å². The van der Waals surface area contributed by atoms with Gasteiger partial charge in [-0.25, -0.2) is 9.99 Å². The molecule has 4 aromatic rings. The lowest BCUT2D eigenvalue weighted by atomic mass is 9.95. The van der Waals surface area contributed by atoms with E-state index in [2.05, 4.69) is 25.9 Å². The second-order valence-corrected chi connectivity index (χ2v) is 6.59. The Labute approximate surface area is 157 Å². The molecule has 0 aliphatic carbocycles. The highest BCUT2D eigenvalue weighted by Crippen LogP contribution is 2.39. The Morgan fingerprint density at radius 3 is 2.70 bits per heavy atom. The lowest BCUT2D eigenvalue weighted by molar-refractivity contribution is -0.143. The summed E-state index contributed by atoms with van der Waals surface area (Å²) in [5.41, 5.74) is 5.62. The third kappa shape index (κ3) is 2.36. The molecule has 10 heteroatoms. The van der Waals surface area contributed by atoms with Gasteiger partial charge in [0, 0.05) is 0 Å². The number of aromatic hydroxyl groups is 1. The van der Waals surface area contributed by atoms with E-state index in [1.165, 1.54) is 5.01 Å². The molecule has 1 aliphatic heterocycles. The van der Waals surface area contributed by atoms with Crippen LogP contribution in [0.5, 0.6) is 5.75 Å². The summed E-state index contributed by atoms with van der Waals surface area (Å²) in [6.07, 6.45) is 0. The van der Waals surface area contributed by atoms with E-state index in [0.29, 0.717) is 17.0 Å². The molecule has 1 saturated heterocycles. The van der Waals surface area contributed by atoms with Gasteiger partial charge in [-0.15, -0.1) is 16.7 Å². The van der Waals surface area contributed by atoms with Gasteiger partial charge in [0.1, 0.15) is 17.2 Å². The van der Waals surface area contributed by atoms with Gasteiger partial charge in [-0.3, -0.25) is 10.2 Å². The number of halogens is 1. The van der Waals surface area contributed by atoms with E-state index < -0.39 is 11.4 Å². The fourth-order valence-electron chi connectivity index (χ4n) is 3.16. The van der Waals surface area contributed by atoms with E-state index in [9.17, 15) is 9.90 Å². The molecule has 1 amide bonds. The Hall–Kier alpha value is -3.46. The van der Waals surface area contributed by atoms with Crippen LogP contribution in [0.1, 0.15) is 11.6 Å². The first kappa shape index (κ1) is 15.8. The average Bonchev–Trinajstić information content (AvgIpc) is 3.19. The van der Waals surface area contributed by atoms with Crippen LogP contribution >= 0.6 is 11.6 Å². The number of amides is 1. The summed E-state index contributed by atoms with van der Waals surface area (Å²) in [6, 6.07) is 13.6. The van der Waals surface area contributed by atoms with E-state index in [-0.39, 0.29) is 11.7 Å². The number of rotatable bonds is 3. The number of nitrogens with zero attached hydrogens (tertiary/aromatic N) is 6. The number of β-lactam (4-membered cyclic amide) rings is 1. The largest absolute Gasteiger partial charge is 0.508 e. The van der Waals surface area contributed by atoms with Crippen LogP contribution in [0, 0.1) is 0 Å². The number of nitrogens with one attached hydrogen (secondary N) is 1. The number of hydrogen-bond acceptors (Lipinski definition) is 7. The summed E-state index contributed by atoms with van der Waals surface area (Å²) in [7, 11) is 0. The van der Waals surface area contributed by atoms with Crippen LogP contribution in [-0.2, 0) is 4.79 Å². The molecule has 0 saturated carbocycles. The number of fused-ring (bicyclic) bond motifs is 3. The van der Waals surface area contributed by atoms with E-state index in [0.717, 1.165) is 11.1 Å². The van der Waals surface area contributed by atoms with Crippen molar-refractivity contribution in [2.45, 2.75) is 11.4 Å². The van der Waals surface area contributed by atoms with Crippen molar-refractivity contribution in [2.24, 2.45) is 0 Å². The van der Waals surface area contributed by atoms with Crippen LogP contribution in [-0.4, -0.2) is 46.4 Å². The van der Waals surface area contributed by atoms with Crippen LogP contribution < -0.4 is 5.43 Å². The normalized spacial score (nSPS) is 19.4. The maximum Gasteiger partial charge on any atom is 0.262 e. The van der Waals surface area contributed by atoms with Crippen molar-refractivity contribution in [3.63, 3.8) is 0 Å². The van der Waals surface area contributed by atoms with Gasteiger partial charge in [-0.2, -0.15) is 4.52 Å². The summed E-state index contributed by atoms with van der Waals surface area (Å²) in [5, 5.41) is 21.9. The SMILES string of the molecule is O=C1C(Cl)C(c2ccc(O)cc2)N1Nc1nc2ccccc2n2nnnc12. The molecule has 1 fully saturated rings. The fourth-order valence-corrected chi connectivity index (χ4v) is 3.53. The van der Waals surface area contributed by atoms with Crippen molar-refractivity contribution in [1.29, 1.82) is 0 Å². The number of benzene rings is 2. The van der Waals surface area contributed by atoms with E-state index in [1.54, 1.807) is 28.8 Å². The van der Waals surface area contributed by atoms with Gasteiger partial charge in [0.05, 0.1) is 11.0 Å². The highest BCUT2D eigenvalue weighted by Gasteiger charge is 2.48. The molecular formula is C17H12ClN7O2. The van der Waals surface area contributed by atoms with Gasteiger partial charge in [0.15, 0.2) is 5.82 Å². The maximum atomic E-state index is 12.4. The van der Waals surface area contributed by atoms with Gasteiger partial charge < -0.3 is 5.11 Å². The predicted molar refractivity (Wildman–Crippen MR) is 97.0 cm³/mol. The Balaban J connectivity index is 1.56. The number of carbonyl (C=O) groups excluding carboxylic acids is 1. The second kappa shape index (κ2) is 5.78. The van der Waals surface area contributed by atoms with E-state index in [4.69, 9.17) is 11.6 Å². The van der Waals surface area contributed by atoms with Crippen molar-refractivity contribution in [3.8, 4) is 5.75 Å². The lowest BCUT2D eigenvalue weighted by Gasteiger charge is -2.44. The first-order valence-corrected chi connectivity index (χ1v) is 8.57. The highest BCUT2D eigenvalue weighted by molar-refractivity contribution is 6.33. The molecule has 27 heavy (non-hydrogen) atoms. The number of hydrazine groups is 1. The lowest BCUT2D eigenvalue weighted by Crippen LogP contribution is -2.58. The van der Waals surface area contributed by atoms with Gasteiger partial charge in [0.2, 0.25) is 5.65 Å². The third-order valence-corrected chi connectivity index (χ3v) is 4.94. The summed E-state index contributed by atoms with van der Waals surface area (Å²) in [4.78, 5) is 16.9. The van der Waals surface area contributed by atoms with Crippen LogP contribution in [0.4, 0.5) is 5.82 Å². The van der Waals surface area contributed by atoms with Gasteiger partial charge in [0.25, 0.3) is 5.91 Å². The summed E-state index contributed by atoms with van der Waals surface area (Å²) >= 11 is 6.23. The molecule has 0 spiro atoms. The minimum Gasteiger partial charge on any atom is -0.508 e. The molecule has 0 bridgehead atoms. The zero-order chi connectivity index (χ0) is 18.5. The smallest absolute Gasteiger partial charge is 0.262 e. The maximum absolute atomic E-state index is 12.4. The van der Waals surface area contributed by atoms with Crippen LogP contribution in [0.2, 0.25) is 0 Å². The first-order valence-electron chi connectivity index (χ1n) is 8.13. The Morgan fingerprint density at radius 1 is 1.11 bits per heavy atom. The first-order chi connectivity index (χ1) is 13.1. The Morgan fingerprint density at radius 2 is 1.89 bits per heavy atom. The summed E-state index contributed by atoms with van der Waals surface area (Å²) < 4.78 is 1.56. The number of alkyl halides is 1. The van der Waals surface area contributed by atoms with Crippen molar-refractivity contribution in [2.75, 3.05) is 5.43 Å². The number of hydrogen-bond donors (Lipinski definition) is 2. The molecule has 134 valence electrons. The number of carbonyl (C=O) groups is 1. The van der Waals surface area contributed by atoms with Crippen molar-refractivity contribution in [3.05, 3.63) is 54.1 Å². The highest BCUT2D eigenvalue weighted by atomic mass is 35.5.